The standard InChI is InChI=1S/C36H47N7O9S/c44-31-30-18-25(51-32-27-7-3-4-8-28(27)39-40-32)20-43(30)33(45)29(37-35(47)52-24-13-16-50-17-14-24)21-42(23-9-10-23)15-5-1-2-6-22-19-36(22,38-31)34(46)41-53(48,49)26-11-12-26/h2-4,6-8,22-26,29-30H,1,5,9-21H2,(H,37,47)(H,38,44)(H,39,40)(H,41,46)/b6-2-/t22?,25-,29+,30+,36-/m1/s1. The lowest BCUT2D eigenvalue weighted by Gasteiger charge is -2.33. The minimum Gasteiger partial charge on any atom is -0.471 e. The summed E-state index contributed by atoms with van der Waals surface area (Å²) in [7, 11) is -3.88. The highest BCUT2D eigenvalue weighted by Crippen LogP contribution is 2.46. The number of allylic oxidation sites excluding steroid dienone is 1. The molecule has 1 unspecified atom stereocenters. The molecule has 3 aliphatic carbocycles. The molecular weight excluding hydrogens is 707 g/mol. The highest BCUT2D eigenvalue weighted by molar-refractivity contribution is 7.91. The summed E-state index contributed by atoms with van der Waals surface area (Å²) in [6, 6.07) is 5.58. The van der Waals surface area contributed by atoms with E-state index in [2.05, 4.69) is 30.5 Å². The number of aromatic nitrogens is 2. The molecule has 3 aliphatic heterocycles. The lowest BCUT2D eigenvalue weighted by Crippen LogP contribution is -2.60. The number of alkyl carbamates (subject to hydrolysis) is 1. The van der Waals surface area contributed by atoms with Crippen molar-refractivity contribution in [2.75, 3.05) is 32.8 Å². The number of hydrogen-bond acceptors (Lipinski definition) is 11. The Kier molecular flexibility index (Phi) is 9.82. The van der Waals surface area contributed by atoms with Crippen LogP contribution in [-0.2, 0) is 33.9 Å². The number of benzene rings is 1. The second kappa shape index (κ2) is 14.5. The zero-order valence-electron chi connectivity index (χ0n) is 29.5. The summed E-state index contributed by atoms with van der Waals surface area (Å²) in [5, 5.41) is 13.1. The first-order valence-corrected chi connectivity index (χ1v) is 20.4. The third-order valence-electron chi connectivity index (χ3n) is 11.2. The van der Waals surface area contributed by atoms with Gasteiger partial charge in [-0.2, -0.15) is 0 Å². The van der Waals surface area contributed by atoms with Gasteiger partial charge < -0.3 is 29.7 Å². The SMILES string of the molecule is O=C(N[C@H]1CN(C2CC2)CCC/C=C\C2C[C@@]2(C(=O)NS(=O)(=O)C2CC2)NC(=O)[C@@H]2C[C@@H](Oc3n[nH]c4ccccc34)CN2C1=O)OC1CCOCC1. The molecule has 3 saturated carbocycles. The molecule has 4 amide bonds. The molecule has 1 aromatic carbocycles. The number of H-pyrrole nitrogens is 1. The zero-order valence-corrected chi connectivity index (χ0v) is 30.4. The smallest absolute Gasteiger partial charge is 0.408 e. The molecule has 1 aromatic heterocycles. The van der Waals surface area contributed by atoms with Crippen molar-refractivity contribution in [2.45, 2.75) is 105 Å². The number of fused-ring (bicyclic) bond motifs is 3. The van der Waals surface area contributed by atoms with Gasteiger partial charge in [0.1, 0.15) is 29.8 Å². The molecule has 4 N–H and O–H groups in total. The van der Waals surface area contributed by atoms with Gasteiger partial charge in [0.2, 0.25) is 27.7 Å². The van der Waals surface area contributed by atoms with E-state index in [1.54, 1.807) is 0 Å². The second-order valence-corrected chi connectivity index (χ2v) is 17.2. The van der Waals surface area contributed by atoms with Gasteiger partial charge in [-0.25, -0.2) is 13.2 Å². The molecule has 17 heteroatoms. The van der Waals surface area contributed by atoms with E-state index in [1.165, 1.54) is 4.90 Å². The fourth-order valence-electron chi connectivity index (χ4n) is 7.80. The molecule has 2 saturated heterocycles. The molecular formula is C36H47N7O9S. The van der Waals surface area contributed by atoms with Crippen LogP contribution in [0, 0.1) is 5.92 Å². The van der Waals surface area contributed by atoms with Crippen molar-refractivity contribution < 1.29 is 41.8 Å². The van der Waals surface area contributed by atoms with Gasteiger partial charge in [0.15, 0.2) is 0 Å². The number of carbonyl (C=O) groups excluding carboxylic acids is 4. The number of nitrogens with one attached hydrogen (secondary N) is 4. The molecule has 286 valence electrons. The lowest BCUT2D eigenvalue weighted by molar-refractivity contribution is -0.141. The van der Waals surface area contributed by atoms with E-state index >= 15 is 0 Å². The van der Waals surface area contributed by atoms with E-state index in [0.29, 0.717) is 57.7 Å². The maximum Gasteiger partial charge on any atom is 0.408 e. The van der Waals surface area contributed by atoms with Crippen molar-refractivity contribution in [2.24, 2.45) is 5.92 Å². The number of para-hydroxylation sites is 1. The van der Waals surface area contributed by atoms with Crippen molar-refractivity contribution in [1.29, 1.82) is 0 Å². The van der Waals surface area contributed by atoms with Crippen LogP contribution in [0.1, 0.15) is 64.2 Å². The summed E-state index contributed by atoms with van der Waals surface area (Å²) in [4.78, 5) is 59.9. The van der Waals surface area contributed by atoms with Crippen LogP contribution in [0.4, 0.5) is 4.79 Å². The van der Waals surface area contributed by atoms with Crippen LogP contribution in [0.5, 0.6) is 5.88 Å². The van der Waals surface area contributed by atoms with Gasteiger partial charge in [-0.3, -0.25) is 29.1 Å². The molecule has 5 fully saturated rings. The van der Waals surface area contributed by atoms with E-state index in [0.717, 1.165) is 30.2 Å². The molecule has 4 heterocycles. The number of aromatic amines is 1. The Morgan fingerprint density at radius 2 is 1.81 bits per heavy atom. The molecule has 8 rings (SSSR count). The molecule has 0 bridgehead atoms. The van der Waals surface area contributed by atoms with E-state index in [9.17, 15) is 27.6 Å². The number of hydrogen-bond donors (Lipinski definition) is 4. The van der Waals surface area contributed by atoms with Crippen LogP contribution in [-0.4, -0.2) is 126 Å². The summed E-state index contributed by atoms with van der Waals surface area (Å²) in [6.45, 7) is 1.87. The number of carbonyl (C=O) groups is 4. The van der Waals surface area contributed by atoms with Gasteiger partial charge in [0.25, 0.3) is 5.91 Å². The van der Waals surface area contributed by atoms with E-state index < -0.39 is 68.7 Å². The predicted octanol–water partition coefficient (Wildman–Crippen LogP) is 1.48. The van der Waals surface area contributed by atoms with Crippen molar-refractivity contribution in [3.05, 3.63) is 36.4 Å². The second-order valence-electron chi connectivity index (χ2n) is 15.2. The number of sulfonamides is 1. The minimum atomic E-state index is -3.88. The monoisotopic (exact) mass is 753 g/mol. The Hall–Kier alpha value is -4.22. The molecule has 0 radical (unpaired) electrons. The van der Waals surface area contributed by atoms with Crippen molar-refractivity contribution in [3.8, 4) is 5.88 Å². The Morgan fingerprint density at radius 1 is 1.02 bits per heavy atom. The highest BCUT2D eigenvalue weighted by atomic mass is 32.2. The Bertz CT molecular complexity index is 1870. The van der Waals surface area contributed by atoms with Gasteiger partial charge in [-0.15, -0.1) is 5.10 Å². The van der Waals surface area contributed by atoms with Crippen molar-refractivity contribution in [1.82, 2.24) is 35.4 Å². The van der Waals surface area contributed by atoms with E-state index in [4.69, 9.17) is 14.2 Å². The first kappa shape index (κ1) is 35.8. The van der Waals surface area contributed by atoms with E-state index in [-0.39, 0.29) is 38.1 Å². The summed E-state index contributed by atoms with van der Waals surface area (Å²) < 4.78 is 45.4. The molecule has 2 aromatic rings. The zero-order chi connectivity index (χ0) is 36.7. The molecule has 53 heavy (non-hydrogen) atoms. The van der Waals surface area contributed by atoms with Gasteiger partial charge >= 0.3 is 6.09 Å². The Morgan fingerprint density at radius 3 is 2.58 bits per heavy atom. The van der Waals surface area contributed by atoms with Gasteiger partial charge in [-0.05, 0) is 63.6 Å². The third-order valence-corrected chi connectivity index (χ3v) is 13.0. The lowest BCUT2D eigenvalue weighted by atomic mass is 10.1. The summed E-state index contributed by atoms with van der Waals surface area (Å²) in [5.74, 6) is -1.97. The van der Waals surface area contributed by atoms with Crippen LogP contribution in [0.25, 0.3) is 10.9 Å². The normalized spacial score (nSPS) is 31.0. The van der Waals surface area contributed by atoms with Crippen LogP contribution in [0.3, 0.4) is 0 Å². The van der Waals surface area contributed by atoms with Crippen LogP contribution >= 0.6 is 0 Å². The summed E-state index contributed by atoms with van der Waals surface area (Å²) in [5.41, 5.74) is -0.730. The number of ether oxygens (including phenoxy) is 3. The van der Waals surface area contributed by atoms with Crippen LogP contribution < -0.4 is 20.1 Å². The molecule has 0 spiro atoms. The molecule has 5 atom stereocenters. The van der Waals surface area contributed by atoms with Gasteiger partial charge in [-0.1, -0.05) is 24.3 Å². The quantitative estimate of drug-likeness (QED) is 0.285. The number of rotatable bonds is 8. The molecule has 16 nitrogen and oxygen atoms in total. The van der Waals surface area contributed by atoms with E-state index in [1.807, 2.05) is 36.4 Å². The largest absolute Gasteiger partial charge is 0.471 e. The topological polar surface area (TPSA) is 201 Å². The van der Waals surface area contributed by atoms with Crippen LogP contribution in [0.2, 0.25) is 0 Å². The first-order valence-electron chi connectivity index (χ1n) is 18.8. The van der Waals surface area contributed by atoms with Gasteiger partial charge in [0.05, 0.1) is 35.9 Å². The van der Waals surface area contributed by atoms with Crippen LogP contribution in [0.15, 0.2) is 36.4 Å². The molecule has 6 aliphatic rings. The first-order chi connectivity index (χ1) is 25.6. The average Bonchev–Trinajstić information content (AvgIpc) is 4.07. The summed E-state index contributed by atoms with van der Waals surface area (Å²) in [6.07, 6.45) is 7.91. The predicted molar refractivity (Wildman–Crippen MR) is 190 cm³/mol. The fourth-order valence-corrected chi connectivity index (χ4v) is 9.17. The fraction of sp³-hybridized carbons (Fsp3) is 0.639. The number of amides is 4. The third kappa shape index (κ3) is 7.87. The average molecular weight is 754 g/mol. The Labute approximate surface area is 307 Å². The summed E-state index contributed by atoms with van der Waals surface area (Å²) >= 11 is 0. The van der Waals surface area contributed by atoms with Gasteiger partial charge in [0, 0.05) is 37.8 Å². The van der Waals surface area contributed by atoms with Crippen molar-refractivity contribution in [3.63, 3.8) is 0 Å². The minimum absolute atomic E-state index is 0.00726. The highest BCUT2D eigenvalue weighted by Gasteiger charge is 2.62. The maximum absolute atomic E-state index is 14.7. The maximum atomic E-state index is 14.7. The Balaban J connectivity index is 1.09. The van der Waals surface area contributed by atoms with Crippen molar-refractivity contribution >= 4 is 44.7 Å². The number of nitrogens with zero attached hydrogens (tertiary/aromatic N) is 3.